The Bertz CT molecular complexity index is 722. The van der Waals surface area contributed by atoms with Gasteiger partial charge in [0.2, 0.25) is 0 Å². The third-order valence-corrected chi connectivity index (χ3v) is 4.47. The van der Waals surface area contributed by atoms with Crippen molar-refractivity contribution in [1.82, 2.24) is 5.32 Å². The first-order valence-corrected chi connectivity index (χ1v) is 10.4. The number of ether oxygens (including phenoxy) is 4. The van der Waals surface area contributed by atoms with E-state index in [1.165, 1.54) is 0 Å². The molecule has 1 aromatic rings. The van der Waals surface area contributed by atoms with Gasteiger partial charge < -0.3 is 24.3 Å². The largest absolute Gasteiger partial charge is 0.454 e. The van der Waals surface area contributed by atoms with E-state index in [2.05, 4.69) is 5.32 Å². The van der Waals surface area contributed by atoms with Crippen molar-refractivity contribution in [2.24, 2.45) is 0 Å². The molecule has 0 aliphatic carbocycles. The fourth-order valence-corrected chi connectivity index (χ4v) is 3.02. The highest BCUT2D eigenvalue weighted by Crippen LogP contribution is 2.32. The second-order valence-electron chi connectivity index (χ2n) is 8.40. The Hall–Kier alpha value is -2.26. The van der Waals surface area contributed by atoms with E-state index in [0.717, 1.165) is 6.42 Å². The lowest BCUT2D eigenvalue weighted by atomic mass is 10.0. The summed E-state index contributed by atoms with van der Waals surface area (Å²) < 4.78 is 50.7. The second-order valence-corrected chi connectivity index (χ2v) is 8.40. The van der Waals surface area contributed by atoms with Crippen LogP contribution >= 0.6 is 0 Å². The van der Waals surface area contributed by atoms with Gasteiger partial charge in [-0.2, -0.15) is 0 Å². The smallest absolute Gasteiger partial charge is 0.408 e. The zero-order valence-electron chi connectivity index (χ0n) is 18.4. The molecule has 0 saturated carbocycles. The molecule has 174 valence electrons. The number of hydrogen-bond donors (Lipinski definition) is 1. The summed E-state index contributed by atoms with van der Waals surface area (Å²) in [6, 6.07) is 6.82. The van der Waals surface area contributed by atoms with Crippen LogP contribution in [0.5, 0.6) is 0 Å². The Balaban J connectivity index is 2.14. The van der Waals surface area contributed by atoms with Crippen LogP contribution in [0.2, 0.25) is 0 Å². The second kappa shape index (κ2) is 10.9. The fraction of sp³-hybridized carbons (Fsp3) is 0.636. The quantitative estimate of drug-likeness (QED) is 0.460. The Labute approximate surface area is 181 Å². The maximum atomic E-state index is 14.8. The number of benzene rings is 1. The molecule has 0 unspecified atom stereocenters. The number of amides is 1. The van der Waals surface area contributed by atoms with Crippen LogP contribution in [0.15, 0.2) is 30.3 Å². The molecule has 0 bridgehead atoms. The highest BCUT2D eigenvalue weighted by molar-refractivity contribution is 5.89. The number of halogens is 2. The summed E-state index contributed by atoms with van der Waals surface area (Å²) in [4.78, 5) is 24.7. The van der Waals surface area contributed by atoms with Crippen molar-refractivity contribution < 1.29 is 37.3 Å². The minimum atomic E-state index is -3.42. The molecule has 0 radical (unpaired) electrons. The third-order valence-electron chi connectivity index (χ3n) is 4.47. The molecule has 2 rings (SSSR count). The van der Waals surface area contributed by atoms with Crippen LogP contribution in [0.3, 0.4) is 0 Å². The average Bonchev–Trinajstić information content (AvgIpc) is 3.07. The lowest BCUT2D eigenvalue weighted by Crippen LogP contribution is -2.55. The molecule has 1 saturated heterocycles. The predicted molar refractivity (Wildman–Crippen MR) is 109 cm³/mol. The Morgan fingerprint density at radius 2 is 1.87 bits per heavy atom. The van der Waals surface area contributed by atoms with Crippen LogP contribution in [0.25, 0.3) is 0 Å². The first-order valence-electron chi connectivity index (χ1n) is 10.4. The monoisotopic (exact) mass is 443 g/mol. The minimum Gasteiger partial charge on any atom is -0.454 e. The minimum absolute atomic E-state index is 0.190. The SMILES string of the molecule is CCCCOCC(F)(F)[C@H]1OC[C@H](OC(=O)c2ccccc2)[C@H]1NC(=O)OC(C)(C)C. The molecule has 1 aliphatic heterocycles. The van der Waals surface area contributed by atoms with Gasteiger partial charge in [0.25, 0.3) is 5.92 Å². The van der Waals surface area contributed by atoms with E-state index >= 15 is 0 Å². The van der Waals surface area contributed by atoms with E-state index in [4.69, 9.17) is 18.9 Å². The Kier molecular flexibility index (Phi) is 8.76. The summed E-state index contributed by atoms with van der Waals surface area (Å²) in [7, 11) is 0. The molecule has 1 aliphatic rings. The van der Waals surface area contributed by atoms with Crippen molar-refractivity contribution in [3.63, 3.8) is 0 Å². The summed E-state index contributed by atoms with van der Waals surface area (Å²) in [5.74, 6) is -4.12. The first kappa shape index (κ1) is 25.0. The van der Waals surface area contributed by atoms with Crippen LogP contribution in [0.1, 0.15) is 50.9 Å². The highest BCUT2D eigenvalue weighted by atomic mass is 19.3. The van der Waals surface area contributed by atoms with E-state index in [1.807, 2.05) is 6.92 Å². The number of rotatable bonds is 9. The normalized spacial score (nSPS) is 21.5. The molecule has 0 aromatic heterocycles. The van der Waals surface area contributed by atoms with Crippen molar-refractivity contribution in [2.45, 2.75) is 70.3 Å². The van der Waals surface area contributed by atoms with E-state index < -0.39 is 48.4 Å². The number of carbonyl (C=O) groups is 2. The molecular formula is C22H31F2NO6. The molecule has 1 heterocycles. The number of alkyl halides is 2. The zero-order valence-corrected chi connectivity index (χ0v) is 18.4. The van der Waals surface area contributed by atoms with E-state index in [-0.39, 0.29) is 18.8 Å². The van der Waals surface area contributed by atoms with Crippen molar-refractivity contribution in [2.75, 3.05) is 19.8 Å². The van der Waals surface area contributed by atoms with Gasteiger partial charge >= 0.3 is 12.1 Å². The zero-order chi connectivity index (χ0) is 23.1. The van der Waals surface area contributed by atoms with Gasteiger partial charge in [-0.15, -0.1) is 0 Å². The molecule has 1 fully saturated rings. The number of hydrogen-bond acceptors (Lipinski definition) is 6. The van der Waals surface area contributed by atoms with Crippen LogP contribution in [-0.4, -0.2) is 61.7 Å². The standard InChI is InChI=1S/C22H31F2NO6/c1-5-6-12-28-14-22(23,24)18-17(25-20(27)31-21(2,3)4)16(13-29-18)30-19(26)15-10-8-7-9-11-15/h7-11,16-18H,5-6,12-14H2,1-4H3,(H,25,27)/t16-,17+,18-/m0/s1. The highest BCUT2D eigenvalue weighted by Gasteiger charge is 2.54. The molecule has 31 heavy (non-hydrogen) atoms. The van der Waals surface area contributed by atoms with Crippen molar-refractivity contribution >= 4 is 12.1 Å². The Morgan fingerprint density at radius 1 is 1.19 bits per heavy atom. The average molecular weight is 443 g/mol. The predicted octanol–water partition coefficient (Wildman–Crippen LogP) is 3.96. The van der Waals surface area contributed by atoms with Gasteiger partial charge in [0, 0.05) is 6.61 Å². The van der Waals surface area contributed by atoms with E-state index in [1.54, 1.807) is 51.1 Å². The molecule has 9 heteroatoms. The number of carbonyl (C=O) groups excluding carboxylic acids is 2. The van der Waals surface area contributed by atoms with Crippen LogP contribution in [-0.2, 0) is 18.9 Å². The van der Waals surface area contributed by atoms with Gasteiger partial charge in [0.05, 0.1) is 12.2 Å². The lowest BCUT2D eigenvalue weighted by molar-refractivity contribution is -0.159. The van der Waals surface area contributed by atoms with E-state index in [0.29, 0.717) is 6.42 Å². The fourth-order valence-electron chi connectivity index (χ4n) is 3.02. The van der Waals surface area contributed by atoms with Gasteiger partial charge in [-0.3, -0.25) is 0 Å². The number of esters is 1. The van der Waals surface area contributed by atoms with Gasteiger partial charge in [-0.05, 0) is 39.3 Å². The summed E-state index contributed by atoms with van der Waals surface area (Å²) >= 11 is 0. The van der Waals surface area contributed by atoms with Crippen molar-refractivity contribution in [3.8, 4) is 0 Å². The molecule has 0 spiro atoms. The van der Waals surface area contributed by atoms with Crippen molar-refractivity contribution in [1.29, 1.82) is 0 Å². The molecule has 1 aromatic carbocycles. The summed E-state index contributed by atoms with van der Waals surface area (Å²) in [6.45, 7) is 5.90. The van der Waals surface area contributed by atoms with Gasteiger partial charge in [0.15, 0.2) is 0 Å². The maximum Gasteiger partial charge on any atom is 0.408 e. The number of alkyl carbamates (subject to hydrolysis) is 1. The van der Waals surface area contributed by atoms with Gasteiger partial charge in [0.1, 0.15) is 30.5 Å². The summed E-state index contributed by atoms with van der Waals surface area (Å²) in [5, 5.41) is 2.40. The van der Waals surface area contributed by atoms with Crippen molar-refractivity contribution in [3.05, 3.63) is 35.9 Å². The van der Waals surface area contributed by atoms with Crippen LogP contribution in [0.4, 0.5) is 13.6 Å². The molecule has 7 nitrogen and oxygen atoms in total. The third kappa shape index (κ3) is 7.74. The number of nitrogens with one attached hydrogen (secondary N) is 1. The maximum absolute atomic E-state index is 14.8. The lowest BCUT2D eigenvalue weighted by Gasteiger charge is -2.30. The number of unbranched alkanes of at least 4 members (excludes halogenated alkanes) is 1. The molecular weight excluding hydrogens is 412 g/mol. The molecule has 3 atom stereocenters. The van der Waals surface area contributed by atoms with Crippen LogP contribution < -0.4 is 5.32 Å². The molecule has 1 N–H and O–H groups in total. The van der Waals surface area contributed by atoms with E-state index in [9.17, 15) is 18.4 Å². The molecule has 1 amide bonds. The first-order chi connectivity index (χ1) is 14.5. The summed E-state index contributed by atoms with van der Waals surface area (Å²) in [6.07, 6.45) is -2.30. The summed E-state index contributed by atoms with van der Waals surface area (Å²) in [5.41, 5.74) is -0.572. The van der Waals surface area contributed by atoms with Gasteiger partial charge in [-0.25, -0.2) is 18.4 Å². The van der Waals surface area contributed by atoms with Gasteiger partial charge in [-0.1, -0.05) is 31.5 Å². The topological polar surface area (TPSA) is 83.1 Å². The van der Waals surface area contributed by atoms with Crippen LogP contribution in [0, 0.1) is 0 Å². The Morgan fingerprint density at radius 3 is 2.48 bits per heavy atom.